The summed E-state index contributed by atoms with van der Waals surface area (Å²) in [5, 5.41) is 15.8. The van der Waals surface area contributed by atoms with Gasteiger partial charge in [-0.1, -0.05) is 6.08 Å². The van der Waals surface area contributed by atoms with Crippen molar-refractivity contribution in [1.82, 2.24) is 10.6 Å². The molecule has 2 bridgehead atoms. The summed E-state index contributed by atoms with van der Waals surface area (Å²) in [6.45, 7) is 5.46. The topological polar surface area (TPSA) is 70.6 Å². The Morgan fingerprint density at radius 2 is 2.28 bits per heavy atom. The van der Waals surface area contributed by atoms with E-state index in [0.717, 1.165) is 25.0 Å². The lowest BCUT2D eigenvalue weighted by Gasteiger charge is -2.27. The normalized spacial score (nSPS) is 31.1. The lowest BCUT2D eigenvalue weighted by atomic mass is 9.98. The van der Waals surface area contributed by atoms with E-state index in [4.69, 9.17) is 4.74 Å². The van der Waals surface area contributed by atoms with Crippen LogP contribution in [0.25, 0.3) is 0 Å². The molecule has 0 radical (unpaired) electrons. The van der Waals surface area contributed by atoms with Crippen molar-refractivity contribution in [3.05, 3.63) is 11.8 Å². The van der Waals surface area contributed by atoms with E-state index in [-0.39, 0.29) is 6.04 Å². The van der Waals surface area contributed by atoms with Crippen molar-refractivity contribution in [2.24, 2.45) is 5.92 Å². The molecule has 1 amide bonds. The summed E-state index contributed by atoms with van der Waals surface area (Å²) in [6, 6.07) is -0.295. The van der Waals surface area contributed by atoms with Crippen molar-refractivity contribution >= 4 is 6.09 Å². The van der Waals surface area contributed by atoms with Crippen LogP contribution >= 0.6 is 0 Å². The average molecular weight is 254 g/mol. The van der Waals surface area contributed by atoms with Crippen LogP contribution in [0.5, 0.6) is 0 Å². The molecular formula is C13H22N2O3. The molecule has 0 aromatic rings. The number of carbonyl (C=O) groups is 1. The fraction of sp³-hybridized carbons (Fsp3) is 0.769. The monoisotopic (exact) mass is 254 g/mol. The molecule has 5 nitrogen and oxygen atoms in total. The van der Waals surface area contributed by atoms with Gasteiger partial charge in [0.15, 0.2) is 0 Å². The maximum atomic E-state index is 11.7. The van der Waals surface area contributed by atoms with E-state index in [1.165, 1.54) is 0 Å². The Morgan fingerprint density at radius 3 is 2.94 bits per heavy atom. The van der Waals surface area contributed by atoms with Gasteiger partial charge in [0.25, 0.3) is 0 Å². The zero-order valence-corrected chi connectivity index (χ0v) is 11.2. The Balaban J connectivity index is 1.92. The first-order valence-corrected chi connectivity index (χ1v) is 6.46. The Bertz CT molecular complexity index is 360. The third-order valence-electron chi connectivity index (χ3n) is 3.21. The minimum Gasteiger partial charge on any atom is -0.444 e. The molecule has 3 N–H and O–H groups in total. The Hall–Kier alpha value is -1.23. The molecule has 0 aromatic heterocycles. The van der Waals surface area contributed by atoms with Gasteiger partial charge in [0.2, 0.25) is 0 Å². The molecule has 1 aliphatic carbocycles. The number of rotatable bonds is 1. The highest BCUT2D eigenvalue weighted by atomic mass is 16.6. The van der Waals surface area contributed by atoms with Gasteiger partial charge in [-0.25, -0.2) is 4.79 Å². The van der Waals surface area contributed by atoms with Crippen LogP contribution in [0, 0.1) is 5.92 Å². The van der Waals surface area contributed by atoms with Crippen LogP contribution in [-0.2, 0) is 4.74 Å². The summed E-state index contributed by atoms with van der Waals surface area (Å²) >= 11 is 0. The summed E-state index contributed by atoms with van der Waals surface area (Å²) < 4.78 is 5.21. The number of aliphatic hydroxyl groups excluding tert-OH is 1. The van der Waals surface area contributed by atoms with E-state index in [1.54, 1.807) is 0 Å². The zero-order valence-electron chi connectivity index (χ0n) is 11.2. The van der Waals surface area contributed by atoms with Gasteiger partial charge in [0, 0.05) is 5.70 Å². The van der Waals surface area contributed by atoms with Gasteiger partial charge < -0.3 is 20.5 Å². The second-order valence-corrected chi connectivity index (χ2v) is 6.11. The minimum absolute atomic E-state index is 0.295. The Kier molecular flexibility index (Phi) is 3.52. The molecule has 18 heavy (non-hydrogen) atoms. The highest BCUT2D eigenvalue weighted by molar-refractivity contribution is 5.68. The van der Waals surface area contributed by atoms with Crippen LogP contribution in [0.3, 0.4) is 0 Å². The van der Waals surface area contributed by atoms with E-state index in [0.29, 0.717) is 5.92 Å². The summed E-state index contributed by atoms with van der Waals surface area (Å²) in [5.74, 6) is 0.504. The number of amides is 1. The Labute approximate surface area is 108 Å². The van der Waals surface area contributed by atoms with Crippen LogP contribution < -0.4 is 10.6 Å². The Morgan fingerprint density at radius 1 is 1.56 bits per heavy atom. The first kappa shape index (κ1) is 13.2. The SMILES string of the molecule is CC(C)(C)OC(=O)N[C@@H]1C[C@H]2CC=C(C2)NC1O. The maximum Gasteiger partial charge on any atom is 0.408 e. The first-order valence-electron chi connectivity index (χ1n) is 6.46. The summed E-state index contributed by atoms with van der Waals surface area (Å²) in [6.07, 6.45) is 3.66. The van der Waals surface area contributed by atoms with Crippen molar-refractivity contribution in [3.63, 3.8) is 0 Å². The summed E-state index contributed by atoms with van der Waals surface area (Å²) in [7, 11) is 0. The van der Waals surface area contributed by atoms with Crippen LogP contribution in [0.2, 0.25) is 0 Å². The number of allylic oxidation sites excluding steroid dienone is 2. The van der Waals surface area contributed by atoms with Crippen molar-refractivity contribution in [1.29, 1.82) is 0 Å². The van der Waals surface area contributed by atoms with E-state index in [1.807, 2.05) is 20.8 Å². The second kappa shape index (κ2) is 4.80. The molecule has 2 rings (SSSR count). The second-order valence-electron chi connectivity index (χ2n) is 6.11. The van der Waals surface area contributed by atoms with Crippen LogP contribution in [0.1, 0.15) is 40.0 Å². The van der Waals surface area contributed by atoms with Gasteiger partial charge in [-0.2, -0.15) is 0 Å². The highest BCUT2D eigenvalue weighted by Crippen LogP contribution is 2.31. The molecule has 0 aromatic carbocycles. The van der Waals surface area contributed by atoms with Crippen molar-refractivity contribution in [3.8, 4) is 0 Å². The largest absolute Gasteiger partial charge is 0.444 e. The zero-order chi connectivity index (χ0) is 13.3. The minimum atomic E-state index is -0.742. The van der Waals surface area contributed by atoms with Crippen LogP contribution in [0.15, 0.2) is 11.8 Å². The molecule has 1 saturated heterocycles. The molecule has 5 heteroatoms. The number of fused-ring (bicyclic) bond motifs is 2. The van der Waals surface area contributed by atoms with E-state index >= 15 is 0 Å². The number of aliphatic hydroxyl groups is 1. The standard InChI is InChI=1S/C13H22N2O3/c1-13(2,3)18-12(17)15-10-7-8-4-5-9(6-8)14-11(10)16/h5,8,10-11,14,16H,4,6-7H2,1-3H3,(H,15,17)/t8-,10+,11?/m0/s1. The number of ether oxygens (including phenoxy) is 1. The molecule has 1 aliphatic heterocycles. The van der Waals surface area contributed by atoms with Crippen molar-refractivity contribution in [2.45, 2.75) is 57.9 Å². The predicted octanol–water partition coefficient (Wildman–Crippen LogP) is 1.49. The first-order chi connectivity index (χ1) is 8.33. The number of alkyl carbamates (subject to hydrolysis) is 1. The summed E-state index contributed by atoms with van der Waals surface area (Å²) in [5.41, 5.74) is 0.565. The molecule has 0 saturated carbocycles. The molecule has 2 aliphatic rings. The average Bonchev–Trinajstić information content (AvgIpc) is 2.54. The van der Waals surface area contributed by atoms with Gasteiger partial charge in [-0.15, -0.1) is 0 Å². The van der Waals surface area contributed by atoms with Crippen LogP contribution in [-0.4, -0.2) is 29.1 Å². The lowest BCUT2D eigenvalue weighted by Crippen LogP contribution is -2.50. The third-order valence-corrected chi connectivity index (χ3v) is 3.21. The van der Waals surface area contributed by atoms with Gasteiger partial charge in [-0.05, 0) is 46.0 Å². The van der Waals surface area contributed by atoms with Gasteiger partial charge in [0.1, 0.15) is 11.8 Å². The van der Waals surface area contributed by atoms with E-state index in [9.17, 15) is 9.90 Å². The van der Waals surface area contributed by atoms with Crippen LogP contribution in [0.4, 0.5) is 4.79 Å². The van der Waals surface area contributed by atoms with Gasteiger partial charge >= 0.3 is 6.09 Å². The molecular weight excluding hydrogens is 232 g/mol. The van der Waals surface area contributed by atoms with Crippen molar-refractivity contribution in [2.75, 3.05) is 0 Å². The molecule has 1 unspecified atom stereocenters. The molecule has 0 spiro atoms. The highest BCUT2D eigenvalue weighted by Gasteiger charge is 2.33. The third kappa shape index (κ3) is 3.38. The molecule has 3 atom stereocenters. The predicted molar refractivity (Wildman–Crippen MR) is 67.7 cm³/mol. The quantitative estimate of drug-likeness (QED) is 0.663. The molecule has 1 fully saturated rings. The fourth-order valence-corrected chi connectivity index (χ4v) is 2.46. The number of nitrogens with one attached hydrogen (secondary N) is 2. The molecule has 1 heterocycles. The van der Waals surface area contributed by atoms with Gasteiger partial charge in [-0.3, -0.25) is 0 Å². The number of carbonyl (C=O) groups excluding carboxylic acids is 1. The van der Waals surface area contributed by atoms with E-state index < -0.39 is 17.9 Å². The molecule has 102 valence electrons. The number of hydrogen-bond acceptors (Lipinski definition) is 4. The smallest absolute Gasteiger partial charge is 0.408 e. The van der Waals surface area contributed by atoms with Gasteiger partial charge in [0.05, 0.1) is 6.04 Å². The lowest BCUT2D eigenvalue weighted by molar-refractivity contribution is 0.0381. The van der Waals surface area contributed by atoms with E-state index in [2.05, 4.69) is 16.7 Å². The number of hydrogen-bond donors (Lipinski definition) is 3. The maximum absolute atomic E-state index is 11.7. The van der Waals surface area contributed by atoms with Crippen molar-refractivity contribution < 1.29 is 14.6 Å². The summed E-state index contributed by atoms with van der Waals surface area (Å²) in [4.78, 5) is 11.7. The fourth-order valence-electron chi connectivity index (χ4n) is 2.46.